The lowest BCUT2D eigenvalue weighted by atomic mass is 9.57. The van der Waals surface area contributed by atoms with Crippen molar-refractivity contribution < 1.29 is 13.9 Å². The molecule has 0 bridgehead atoms. The Morgan fingerprint density at radius 1 is 1.26 bits per heavy atom. The number of aliphatic imine (C=N–C) groups is 1. The van der Waals surface area contributed by atoms with Crippen LogP contribution in [0.15, 0.2) is 27.8 Å². The van der Waals surface area contributed by atoms with E-state index < -0.39 is 0 Å². The third-order valence-corrected chi connectivity index (χ3v) is 6.11. The van der Waals surface area contributed by atoms with Crippen molar-refractivity contribution in [2.75, 3.05) is 26.3 Å². The summed E-state index contributed by atoms with van der Waals surface area (Å²) in [6.07, 6.45) is 6.59. The van der Waals surface area contributed by atoms with Crippen LogP contribution in [0.5, 0.6) is 0 Å². The minimum Gasteiger partial charge on any atom is -0.469 e. The van der Waals surface area contributed by atoms with Crippen molar-refractivity contribution in [2.24, 2.45) is 16.3 Å². The van der Waals surface area contributed by atoms with Crippen molar-refractivity contribution in [3.63, 3.8) is 0 Å². The van der Waals surface area contributed by atoms with Crippen LogP contribution < -0.4 is 10.6 Å². The molecule has 4 unspecified atom stereocenters. The molecule has 1 aromatic rings. The van der Waals surface area contributed by atoms with Crippen molar-refractivity contribution in [2.45, 2.75) is 57.8 Å². The Kier molecular flexibility index (Phi) is 7.08. The van der Waals surface area contributed by atoms with Gasteiger partial charge in [-0.25, -0.2) is 0 Å². The van der Waals surface area contributed by atoms with Crippen LogP contribution >= 0.6 is 24.0 Å². The predicted octanol–water partition coefficient (Wildman–Crippen LogP) is 2.97. The van der Waals surface area contributed by atoms with Crippen LogP contribution in [0.2, 0.25) is 0 Å². The monoisotopic (exact) mass is 489 g/mol. The fraction of sp³-hybridized carbons (Fsp3) is 0.750. The molecule has 6 nitrogen and oxygen atoms in total. The van der Waals surface area contributed by atoms with Gasteiger partial charge in [0.15, 0.2) is 5.96 Å². The molecular formula is C20H32IN3O3. The van der Waals surface area contributed by atoms with Gasteiger partial charge in [-0.3, -0.25) is 4.99 Å². The molecular weight excluding hydrogens is 457 g/mol. The Morgan fingerprint density at radius 2 is 2.15 bits per heavy atom. The number of fused-ring (bicyclic) bond motifs is 1. The van der Waals surface area contributed by atoms with Gasteiger partial charge in [-0.2, -0.15) is 0 Å². The minimum absolute atomic E-state index is 0. The van der Waals surface area contributed by atoms with Crippen LogP contribution in [-0.4, -0.2) is 50.5 Å². The Hall–Kier alpha value is -0.800. The maximum atomic E-state index is 5.92. The largest absolute Gasteiger partial charge is 0.469 e. The molecule has 4 atom stereocenters. The van der Waals surface area contributed by atoms with E-state index in [1.807, 2.05) is 12.1 Å². The number of guanidine groups is 1. The molecule has 1 saturated carbocycles. The van der Waals surface area contributed by atoms with Crippen LogP contribution in [0.3, 0.4) is 0 Å². The van der Waals surface area contributed by atoms with E-state index >= 15 is 0 Å². The molecule has 2 N–H and O–H groups in total. The van der Waals surface area contributed by atoms with Crippen molar-refractivity contribution in [3.8, 4) is 0 Å². The molecule has 1 aromatic heterocycles. The number of hydrogen-bond donors (Lipinski definition) is 2. The zero-order valence-electron chi connectivity index (χ0n) is 16.3. The molecule has 152 valence electrons. The number of rotatable bonds is 6. The number of nitrogens with one attached hydrogen (secondary N) is 2. The lowest BCUT2D eigenvalue weighted by Gasteiger charge is -2.55. The summed E-state index contributed by atoms with van der Waals surface area (Å²) in [5.41, 5.74) is 0.133. The first-order valence-electron chi connectivity index (χ1n) is 9.95. The summed E-state index contributed by atoms with van der Waals surface area (Å²) in [4.78, 5) is 4.82. The molecule has 0 amide bonds. The van der Waals surface area contributed by atoms with E-state index in [4.69, 9.17) is 18.9 Å². The quantitative estimate of drug-likeness (QED) is 0.366. The number of furan rings is 1. The molecule has 0 aromatic carbocycles. The van der Waals surface area contributed by atoms with Gasteiger partial charge in [0.1, 0.15) is 5.76 Å². The molecule has 3 heterocycles. The third kappa shape index (κ3) is 4.62. The Labute approximate surface area is 178 Å². The minimum atomic E-state index is 0. The van der Waals surface area contributed by atoms with E-state index in [0.717, 1.165) is 57.2 Å². The second-order valence-corrected chi connectivity index (χ2v) is 8.27. The van der Waals surface area contributed by atoms with E-state index in [1.54, 1.807) is 6.26 Å². The highest BCUT2D eigenvalue weighted by molar-refractivity contribution is 14.0. The van der Waals surface area contributed by atoms with E-state index in [9.17, 15) is 0 Å². The zero-order chi connectivity index (χ0) is 18.0. The van der Waals surface area contributed by atoms with Crippen LogP contribution in [-0.2, 0) is 15.9 Å². The Bertz CT molecular complexity index is 614. The lowest BCUT2D eigenvalue weighted by molar-refractivity contribution is -0.106. The van der Waals surface area contributed by atoms with Crippen molar-refractivity contribution >= 4 is 29.9 Å². The SMILES string of the molecule is CC1(C)C(NC(=NCC2CCCO2)NCCc2ccco2)C2CCOC21.I. The van der Waals surface area contributed by atoms with Crippen molar-refractivity contribution in [1.29, 1.82) is 0 Å². The van der Waals surface area contributed by atoms with Gasteiger partial charge in [-0.1, -0.05) is 13.8 Å². The molecule has 0 radical (unpaired) electrons. The fourth-order valence-corrected chi connectivity index (χ4v) is 4.66. The molecule has 3 fully saturated rings. The van der Waals surface area contributed by atoms with E-state index in [-0.39, 0.29) is 35.5 Å². The molecule has 1 aliphatic carbocycles. The van der Waals surface area contributed by atoms with Gasteiger partial charge in [0.2, 0.25) is 0 Å². The normalized spacial score (nSPS) is 31.7. The number of hydrogen-bond acceptors (Lipinski definition) is 4. The molecule has 4 rings (SSSR count). The maximum absolute atomic E-state index is 5.92. The average molecular weight is 489 g/mol. The average Bonchev–Trinajstić information content (AvgIpc) is 3.38. The van der Waals surface area contributed by atoms with E-state index in [1.165, 1.54) is 0 Å². The summed E-state index contributed by atoms with van der Waals surface area (Å²) >= 11 is 0. The second kappa shape index (κ2) is 9.13. The van der Waals surface area contributed by atoms with E-state index in [0.29, 0.717) is 24.6 Å². The van der Waals surface area contributed by atoms with Gasteiger partial charge >= 0.3 is 0 Å². The number of ether oxygens (including phenoxy) is 2. The third-order valence-electron chi connectivity index (χ3n) is 6.11. The highest BCUT2D eigenvalue weighted by Gasteiger charge is 2.59. The van der Waals surface area contributed by atoms with Crippen LogP contribution in [0.4, 0.5) is 0 Å². The Balaban J connectivity index is 0.00000210. The summed E-state index contributed by atoms with van der Waals surface area (Å²) in [5, 5.41) is 7.17. The van der Waals surface area contributed by atoms with Crippen LogP contribution in [0.25, 0.3) is 0 Å². The summed E-state index contributed by atoms with van der Waals surface area (Å²) in [5.74, 6) is 2.46. The Morgan fingerprint density at radius 3 is 2.89 bits per heavy atom. The van der Waals surface area contributed by atoms with Gasteiger partial charge in [0.25, 0.3) is 0 Å². The number of halogens is 1. The predicted molar refractivity (Wildman–Crippen MR) is 116 cm³/mol. The first-order chi connectivity index (χ1) is 12.6. The topological polar surface area (TPSA) is 68.0 Å². The maximum Gasteiger partial charge on any atom is 0.191 e. The summed E-state index contributed by atoms with van der Waals surface area (Å²) in [7, 11) is 0. The van der Waals surface area contributed by atoms with Crippen molar-refractivity contribution in [1.82, 2.24) is 10.6 Å². The molecule has 2 saturated heterocycles. The fourth-order valence-electron chi connectivity index (χ4n) is 4.66. The standard InChI is InChI=1S/C20H31N3O3.HI/c1-20(2)17(16-8-12-26-18(16)20)23-19(22-13-15-6-4-11-25-15)21-9-7-14-5-3-10-24-14;/h3,5,10,15-18H,4,6-9,11-13H2,1-2H3,(H2,21,22,23);1H. The van der Waals surface area contributed by atoms with Gasteiger partial charge < -0.3 is 24.5 Å². The highest BCUT2D eigenvalue weighted by atomic mass is 127. The zero-order valence-corrected chi connectivity index (χ0v) is 18.6. The van der Waals surface area contributed by atoms with Gasteiger partial charge in [0, 0.05) is 43.6 Å². The van der Waals surface area contributed by atoms with Gasteiger partial charge in [-0.05, 0) is 31.4 Å². The van der Waals surface area contributed by atoms with Gasteiger partial charge in [-0.15, -0.1) is 24.0 Å². The van der Waals surface area contributed by atoms with Gasteiger partial charge in [0.05, 0.1) is 25.0 Å². The summed E-state index contributed by atoms with van der Waals surface area (Å²) < 4.78 is 17.1. The summed E-state index contributed by atoms with van der Waals surface area (Å²) in [6.45, 7) is 7.84. The summed E-state index contributed by atoms with van der Waals surface area (Å²) in [6, 6.07) is 4.33. The number of nitrogens with zero attached hydrogens (tertiary/aromatic N) is 1. The molecule has 3 aliphatic rings. The second-order valence-electron chi connectivity index (χ2n) is 8.27. The van der Waals surface area contributed by atoms with Crippen molar-refractivity contribution in [3.05, 3.63) is 24.2 Å². The van der Waals surface area contributed by atoms with Crippen LogP contribution in [0.1, 0.15) is 38.9 Å². The molecule has 27 heavy (non-hydrogen) atoms. The first-order valence-corrected chi connectivity index (χ1v) is 9.95. The highest BCUT2D eigenvalue weighted by Crippen LogP contribution is 2.52. The van der Waals surface area contributed by atoms with E-state index in [2.05, 4.69) is 24.5 Å². The smallest absolute Gasteiger partial charge is 0.191 e. The molecule has 2 aliphatic heterocycles. The molecule has 7 heteroatoms. The lowest BCUT2D eigenvalue weighted by Crippen LogP contribution is -2.68. The molecule has 0 spiro atoms. The first kappa shape index (κ1) is 20.9. The van der Waals surface area contributed by atoms with Crippen LogP contribution in [0, 0.1) is 11.3 Å².